The maximum Gasteiger partial charge on any atom is 0.283 e. The minimum atomic E-state index is -0.378. The van der Waals surface area contributed by atoms with Gasteiger partial charge >= 0.3 is 0 Å². The van der Waals surface area contributed by atoms with Crippen LogP contribution in [0.5, 0.6) is 5.75 Å². The summed E-state index contributed by atoms with van der Waals surface area (Å²) in [7, 11) is 0. The van der Waals surface area contributed by atoms with E-state index in [9.17, 15) is 9.59 Å². The molecule has 0 spiro atoms. The van der Waals surface area contributed by atoms with Gasteiger partial charge < -0.3 is 10.1 Å². The van der Waals surface area contributed by atoms with Crippen molar-refractivity contribution in [2.75, 3.05) is 16.8 Å². The van der Waals surface area contributed by atoms with E-state index < -0.39 is 0 Å². The SMILES string of the molecule is CCCCc1ccc(N2C(=O)C(Nc3ccccc3OCC)=C(Sc3ccc(C)cc3)C2=O)cc1. The molecular formula is C29H30N2O3S. The topological polar surface area (TPSA) is 58.6 Å². The van der Waals surface area contributed by atoms with Crippen LogP contribution >= 0.6 is 11.8 Å². The summed E-state index contributed by atoms with van der Waals surface area (Å²) in [5.41, 5.74) is 3.79. The van der Waals surface area contributed by atoms with Crippen molar-refractivity contribution < 1.29 is 14.3 Å². The van der Waals surface area contributed by atoms with E-state index >= 15 is 0 Å². The molecule has 180 valence electrons. The molecule has 0 fully saturated rings. The number of imide groups is 1. The molecule has 0 radical (unpaired) electrons. The van der Waals surface area contributed by atoms with Crippen LogP contribution in [0, 0.1) is 6.92 Å². The third kappa shape index (κ3) is 5.60. The summed E-state index contributed by atoms with van der Waals surface area (Å²) in [6, 6.07) is 23.0. The third-order valence-corrected chi connectivity index (χ3v) is 6.83. The lowest BCUT2D eigenvalue weighted by atomic mass is 10.1. The summed E-state index contributed by atoms with van der Waals surface area (Å²) in [6.07, 6.45) is 3.20. The van der Waals surface area contributed by atoms with Gasteiger partial charge in [-0.1, -0.05) is 67.1 Å². The minimum absolute atomic E-state index is 0.253. The van der Waals surface area contributed by atoms with Crippen LogP contribution in [0.4, 0.5) is 11.4 Å². The number of amides is 2. The molecule has 0 saturated heterocycles. The average Bonchev–Trinajstić information content (AvgIpc) is 3.09. The molecule has 3 aromatic rings. The van der Waals surface area contributed by atoms with Crippen LogP contribution in [0.1, 0.15) is 37.8 Å². The molecule has 2 amide bonds. The first-order chi connectivity index (χ1) is 17.0. The number of aryl methyl sites for hydroxylation is 2. The lowest BCUT2D eigenvalue weighted by molar-refractivity contribution is -0.120. The molecule has 1 aliphatic heterocycles. The summed E-state index contributed by atoms with van der Waals surface area (Å²) < 4.78 is 5.73. The molecule has 5 nitrogen and oxygen atoms in total. The third-order valence-electron chi connectivity index (χ3n) is 5.74. The number of anilines is 2. The Labute approximate surface area is 211 Å². The van der Waals surface area contributed by atoms with Gasteiger partial charge in [-0.3, -0.25) is 9.59 Å². The predicted molar refractivity (Wildman–Crippen MR) is 143 cm³/mol. The van der Waals surface area contributed by atoms with Gasteiger partial charge in [-0.15, -0.1) is 0 Å². The quantitative estimate of drug-likeness (QED) is 0.322. The summed E-state index contributed by atoms with van der Waals surface area (Å²) in [6.45, 7) is 6.57. The number of thioether (sulfide) groups is 1. The van der Waals surface area contributed by atoms with Crippen LogP contribution in [0.2, 0.25) is 0 Å². The van der Waals surface area contributed by atoms with Crippen molar-refractivity contribution >= 4 is 35.0 Å². The lowest BCUT2D eigenvalue weighted by Crippen LogP contribution is -2.32. The fourth-order valence-corrected chi connectivity index (χ4v) is 4.78. The monoisotopic (exact) mass is 486 g/mol. The molecule has 0 saturated carbocycles. The Hall–Kier alpha value is -3.51. The first-order valence-corrected chi connectivity index (χ1v) is 12.8. The number of hydrogen-bond donors (Lipinski definition) is 1. The van der Waals surface area contributed by atoms with Crippen LogP contribution in [-0.2, 0) is 16.0 Å². The van der Waals surface area contributed by atoms with Gasteiger partial charge in [0.1, 0.15) is 16.4 Å². The van der Waals surface area contributed by atoms with Crippen LogP contribution in [0.15, 0.2) is 88.3 Å². The number of carbonyl (C=O) groups is 2. The molecule has 0 unspecified atom stereocenters. The summed E-state index contributed by atoms with van der Waals surface area (Å²) in [5, 5.41) is 3.22. The van der Waals surface area contributed by atoms with E-state index in [-0.39, 0.29) is 17.5 Å². The van der Waals surface area contributed by atoms with Crippen LogP contribution in [0.3, 0.4) is 0 Å². The minimum Gasteiger partial charge on any atom is -0.492 e. The zero-order chi connectivity index (χ0) is 24.8. The van der Waals surface area contributed by atoms with E-state index in [1.807, 2.05) is 86.6 Å². The van der Waals surface area contributed by atoms with E-state index in [0.717, 1.165) is 29.7 Å². The highest BCUT2D eigenvalue weighted by atomic mass is 32.2. The van der Waals surface area contributed by atoms with Crippen molar-refractivity contribution in [1.82, 2.24) is 0 Å². The smallest absolute Gasteiger partial charge is 0.283 e. The van der Waals surface area contributed by atoms with Crippen molar-refractivity contribution in [2.24, 2.45) is 0 Å². The first-order valence-electron chi connectivity index (χ1n) is 12.0. The number of nitrogens with one attached hydrogen (secondary N) is 1. The molecule has 1 N–H and O–H groups in total. The predicted octanol–water partition coefficient (Wildman–Crippen LogP) is 6.73. The van der Waals surface area contributed by atoms with Crippen molar-refractivity contribution in [3.8, 4) is 5.75 Å². The molecule has 1 heterocycles. The Morgan fingerprint density at radius 1 is 0.886 bits per heavy atom. The van der Waals surface area contributed by atoms with Crippen molar-refractivity contribution in [1.29, 1.82) is 0 Å². The van der Waals surface area contributed by atoms with Crippen LogP contribution in [-0.4, -0.2) is 18.4 Å². The number of ether oxygens (including phenoxy) is 1. The number of para-hydroxylation sites is 2. The average molecular weight is 487 g/mol. The molecule has 0 aliphatic carbocycles. The molecule has 1 aliphatic rings. The number of carbonyl (C=O) groups excluding carboxylic acids is 2. The molecule has 0 aromatic heterocycles. The lowest BCUT2D eigenvalue weighted by Gasteiger charge is -2.16. The largest absolute Gasteiger partial charge is 0.492 e. The number of benzene rings is 3. The highest BCUT2D eigenvalue weighted by Gasteiger charge is 2.40. The Morgan fingerprint density at radius 2 is 1.60 bits per heavy atom. The van der Waals surface area contributed by atoms with Gasteiger partial charge in [0.05, 0.1) is 18.0 Å². The second-order valence-electron chi connectivity index (χ2n) is 8.39. The van der Waals surface area contributed by atoms with Crippen molar-refractivity contribution in [3.63, 3.8) is 0 Å². The number of rotatable bonds is 10. The Kier molecular flexibility index (Phi) is 7.93. The molecule has 4 rings (SSSR count). The van der Waals surface area contributed by atoms with Crippen LogP contribution < -0.4 is 15.0 Å². The highest BCUT2D eigenvalue weighted by molar-refractivity contribution is 8.04. The molecule has 6 heteroatoms. The fraction of sp³-hybridized carbons (Fsp3) is 0.241. The first kappa shape index (κ1) is 24.6. The number of unbranched alkanes of at least 4 members (excludes halogenated alkanes) is 1. The van der Waals surface area contributed by atoms with Gasteiger partial charge in [-0.05, 0) is 68.7 Å². The maximum atomic E-state index is 13.6. The van der Waals surface area contributed by atoms with Crippen LogP contribution in [0.25, 0.3) is 0 Å². The van der Waals surface area contributed by atoms with E-state index in [4.69, 9.17) is 4.74 Å². The fourth-order valence-electron chi connectivity index (χ4n) is 3.85. The Morgan fingerprint density at radius 3 is 2.29 bits per heavy atom. The molecule has 0 atom stereocenters. The van der Waals surface area contributed by atoms with E-state index in [1.165, 1.54) is 22.2 Å². The molecular weight excluding hydrogens is 456 g/mol. The van der Waals surface area contributed by atoms with Gasteiger partial charge in [-0.25, -0.2) is 4.90 Å². The van der Waals surface area contributed by atoms with Gasteiger partial charge in [0, 0.05) is 4.90 Å². The second-order valence-corrected chi connectivity index (χ2v) is 9.47. The van der Waals surface area contributed by atoms with E-state index in [0.29, 0.717) is 28.6 Å². The molecule has 3 aromatic carbocycles. The summed E-state index contributed by atoms with van der Waals surface area (Å²) in [5.74, 6) is -0.0864. The van der Waals surface area contributed by atoms with Gasteiger partial charge in [0.25, 0.3) is 11.8 Å². The van der Waals surface area contributed by atoms with E-state index in [1.54, 1.807) is 0 Å². The van der Waals surface area contributed by atoms with Gasteiger partial charge in [0.15, 0.2) is 0 Å². The number of hydrogen-bond acceptors (Lipinski definition) is 5. The van der Waals surface area contributed by atoms with Crippen molar-refractivity contribution in [3.05, 3.63) is 94.5 Å². The normalized spacial score (nSPS) is 13.5. The highest BCUT2D eigenvalue weighted by Crippen LogP contribution is 2.39. The standard InChI is InChI=1S/C29H30N2O3S/c1-4-6-9-21-14-16-22(17-15-21)31-28(32)26(30-24-10-7-8-11-25(24)34-5-2)27(29(31)33)35-23-18-12-20(3)13-19-23/h7-8,10-19,30H,4-6,9H2,1-3H3. The Balaban J connectivity index is 1.69. The summed E-state index contributed by atoms with van der Waals surface area (Å²) in [4.78, 5) is 29.7. The molecule has 35 heavy (non-hydrogen) atoms. The Bertz CT molecular complexity index is 1230. The zero-order valence-electron chi connectivity index (χ0n) is 20.3. The number of nitrogens with zero attached hydrogens (tertiary/aromatic N) is 1. The molecule has 0 bridgehead atoms. The zero-order valence-corrected chi connectivity index (χ0v) is 21.2. The van der Waals surface area contributed by atoms with Gasteiger partial charge in [-0.2, -0.15) is 0 Å². The maximum absolute atomic E-state index is 13.6. The second kappa shape index (κ2) is 11.3. The van der Waals surface area contributed by atoms with Crippen molar-refractivity contribution in [2.45, 2.75) is 44.9 Å². The summed E-state index contributed by atoms with van der Waals surface area (Å²) >= 11 is 1.30. The van der Waals surface area contributed by atoms with E-state index in [2.05, 4.69) is 12.2 Å². The van der Waals surface area contributed by atoms with Gasteiger partial charge in [0.2, 0.25) is 0 Å².